The van der Waals surface area contributed by atoms with Gasteiger partial charge in [-0.05, 0) is 49.4 Å². The standard InChI is InChI=1S/C18H14N4O3/c1-2-22-17(24)14-8-5-12(9-15(14)21-18(22)25)16(23)20-13-6-3-11(10-19)4-7-13/h3-9H,2H2,1H3,(H,20,23)(H,21,25). The first-order valence-corrected chi connectivity index (χ1v) is 7.62. The summed E-state index contributed by atoms with van der Waals surface area (Å²) in [4.78, 5) is 39.1. The van der Waals surface area contributed by atoms with Crippen LogP contribution >= 0.6 is 0 Å². The molecule has 2 N–H and O–H groups in total. The van der Waals surface area contributed by atoms with Crippen molar-refractivity contribution in [3.05, 3.63) is 74.4 Å². The van der Waals surface area contributed by atoms with Gasteiger partial charge in [-0.1, -0.05) is 0 Å². The zero-order chi connectivity index (χ0) is 18.0. The second-order valence-electron chi connectivity index (χ2n) is 5.38. The highest BCUT2D eigenvalue weighted by molar-refractivity contribution is 6.06. The predicted molar refractivity (Wildman–Crippen MR) is 93.6 cm³/mol. The molecule has 1 aromatic heterocycles. The van der Waals surface area contributed by atoms with Gasteiger partial charge < -0.3 is 10.3 Å². The molecular formula is C18H14N4O3. The summed E-state index contributed by atoms with van der Waals surface area (Å²) in [6, 6.07) is 13.0. The lowest BCUT2D eigenvalue weighted by atomic mass is 10.1. The quantitative estimate of drug-likeness (QED) is 0.762. The number of hydrogen-bond acceptors (Lipinski definition) is 4. The smallest absolute Gasteiger partial charge is 0.322 e. The fourth-order valence-electron chi connectivity index (χ4n) is 2.51. The van der Waals surface area contributed by atoms with E-state index in [4.69, 9.17) is 5.26 Å². The molecule has 2 aromatic carbocycles. The molecule has 1 heterocycles. The summed E-state index contributed by atoms with van der Waals surface area (Å²) in [5, 5.41) is 11.8. The van der Waals surface area contributed by atoms with Gasteiger partial charge in [0.05, 0.1) is 22.5 Å². The van der Waals surface area contributed by atoms with Gasteiger partial charge in [-0.25, -0.2) is 4.79 Å². The number of hydrogen-bond donors (Lipinski definition) is 2. The Morgan fingerprint density at radius 2 is 1.92 bits per heavy atom. The first-order chi connectivity index (χ1) is 12.0. The molecule has 0 saturated carbocycles. The third kappa shape index (κ3) is 3.05. The number of amides is 1. The number of nitrogens with one attached hydrogen (secondary N) is 2. The molecule has 0 spiro atoms. The summed E-state index contributed by atoms with van der Waals surface area (Å²) in [6.45, 7) is 1.98. The fraction of sp³-hybridized carbons (Fsp3) is 0.111. The highest BCUT2D eigenvalue weighted by atomic mass is 16.2. The molecule has 0 bridgehead atoms. The molecule has 0 aliphatic carbocycles. The van der Waals surface area contributed by atoms with Crippen molar-refractivity contribution in [1.29, 1.82) is 5.26 Å². The minimum atomic E-state index is -0.510. The number of aromatic nitrogens is 2. The van der Waals surface area contributed by atoms with Crippen molar-refractivity contribution in [3.63, 3.8) is 0 Å². The van der Waals surface area contributed by atoms with Crippen molar-refractivity contribution < 1.29 is 4.79 Å². The van der Waals surface area contributed by atoms with E-state index in [1.165, 1.54) is 18.2 Å². The Morgan fingerprint density at radius 3 is 2.56 bits per heavy atom. The molecule has 0 fully saturated rings. The van der Waals surface area contributed by atoms with E-state index < -0.39 is 5.69 Å². The molecule has 0 aliphatic rings. The number of aromatic amines is 1. The lowest BCUT2D eigenvalue weighted by molar-refractivity contribution is 0.102. The second kappa shape index (κ2) is 6.45. The van der Waals surface area contributed by atoms with Crippen LogP contribution in [0.1, 0.15) is 22.8 Å². The first kappa shape index (κ1) is 16.2. The molecule has 0 saturated heterocycles. The topological polar surface area (TPSA) is 108 Å². The molecule has 124 valence electrons. The molecule has 1 amide bonds. The fourth-order valence-corrected chi connectivity index (χ4v) is 2.51. The Bertz CT molecular complexity index is 1120. The van der Waals surface area contributed by atoms with Crippen LogP contribution in [0.25, 0.3) is 10.9 Å². The van der Waals surface area contributed by atoms with Gasteiger partial charge in [0.1, 0.15) is 0 Å². The van der Waals surface area contributed by atoms with Crippen LogP contribution in [0.3, 0.4) is 0 Å². The summed E-state index contributed by atoms with van der Waals surface area (Å²) in [7, 11) is 0. The van der Waals surface area contributed by atoms with E-state index >= 15 is 0 Å². The van der Waals surface area contributed by atoms with E-state index in [9.17, 15) is 14.4 Å². The maximum absolute atomic E-state index is 12.4. The third-order valence-corrected chi connectivity index (χ3v) is 3.83. The molecule has 25 heavy (non-hydrogen) atoms. The zero-order valence-corrected chi connectivity index (χ0v) is 13.4. The highest BCUT2D eigenvalue weighted by Crippen LogP contribution is 2.13. The summed E-state index contributed by atoms with van der Waals surface area (Å²) >= 11 is 0. The van der Waals surface area contributed by atoms with E-state index in [0.717, 1.165) is 4.57 Å². The van der Waals surface area contributed by atoms with Gasteiger partial charge >= 0.3 is 5.69 Å². The van der Waals surface area contributed by atoms with Crippen molar-refractivity contribution in [1.82, 2.24) is 9.55 Å². The Labute approximate surface area is 142 Å². The van der Waals surface area contributed by atoms with Crippen molar-refractivity contribution in [2.45, 2.75) is 13.5 Å². The molecule has 7 heteroatoms. The minimum Gasteiger partial charge on any atom is -0.322 e. The number of nitriles is 1. The monoisotopic (exact) mass is 334 g/mol. The number of benzene rings is 2. The minimum absolute atomic E-state index is 0.269. The van der Waals surface area contributed by atoms with Gasteiger partial charge in [0.2, 0.25) is 0 Å². The number of carbonyl (C=O) groups is 1. The maximum Gasteiger partial charge on any atom is 0.328 e. The summed E-state index contributed by atoms with van der Waals surface area (Å²) in [5.41, 5.74) is 0.755. The molecule has 0 radical (unpaired) electrons. The average Bonchev–Trinajstić information content (AvgIpc) is 2.62. The Hall–Kier alpha value is -3.66. The molecule has 0 atom stereocenters. The third-order valence-electron chi connectivity index (χ3n) is 3.83. The number of nitrogens with zero attached hydrogens (tertiary/aromatic N) is 2. The van der Waals surface area contributed by atoms with Crippen LogP contribution < -0.4 is 16.6 Å². The molecule has 7 nitrogen and oxygen atoms in total. The summed E-state index contributed by atoms with van der Waals surface area (Å²) < 4.78 is 1.10. The van der Waals surface area contributed by atoms with Gasteiger partial charge in [0, 0.05) is 17.8 Å². The van der Waals surface area contributed by atoms with Crippen LogP contribution in [0.4, 0.5) is 5.69 Å². The SMILES string of the molecule is CCn1c(=O)[nH]c2cc(C(=O)Nc3ccc(C#N)cc3)ccc2c1=O. The maximum atomic E-state index is 12.4. The van der Waals surface area contributed by atoms with Crippen LogP contribution in [0.2, 0.25) is 0 Å². The number of anilines is 1. The first-order valence-electron chi connectivity index (χ1n) is 7.62. The van der Waals surface area contributed by atoms with Crippen LogP contribution in [0, 0.1) is 11.3 Å². The normalized spacial score (nSPS) is 10.4. The van der Waals surface area contributed by atoms with E-state index in [2.05, 4.69) is 10.3 Å². The van der Waals surface area contributed by atoms with Crippen molar-refractivity contribution in [2.24, 2.45) is 0 Å². The largest absolute Gasteiger partial charge is 0.328 e. The molecule has 3 aromatic rings. The van der Waals surface area contributed by atoms with E-state index in [0.29, 0.717) is 27.7 Å². The van der Waals surface area contributed by atoms with E-state index in [1.807, 2.05) is 6.07 Å². The lowest BCUT2D eigenvalue weighted by Crippen LogP contribution is -2.34. The van der Waals surface area contributed by atoms with Crippen molar-refractivity contribution in [3.8, 4) is 6.07 Å². The van der Waals surface area contributed by atoms with Gasteiger partial charge in [-0.15, -0.1) is 0 Å². The molecule has 3 rings (SSSR count). The van der Waals surface area contributed by atoms with Crippen LogP contribution in [-0.4, -0.2) is 15.5 Å². The number of carbonyl (C=O) groups excluding carboxylic acids is 1. The Kier molecular flexibility index (Phi) is 4.18. The highest BCUT2D eigenvalue weighted by Gasteiger charge is 2.11. The Morgan fingerprint density at radius 1 is 1.20 bits per heavy atom. The van der Waals surface area contributed by atoms with E-state index in [1.54, 1.807) is 31.2 Å². The number of rotatable bonds is 3. The van der Waals surface area contributed by atoms with Crippen molar-refractivity contribution in [2.75, 3.05) is 5.32 Å². The second-order valence-corrected chi connectivity index (χ2v) is 5.38. The van der Waals surface area contributed by atoms with E-state index in [-0.39, 0.29) is 18.0 Å². The lowest BCUT2D eigenvalue weighted by Gasteiger charge is -2.07. The summed E-state index contributed by atoms with van der Waals surface area (Å²) in [6.07, 6.45) is 0. The van der Waals surface area contributed by atoms with Gasteiger partial charge in [0.25, 0.3) is 11.5 Å². The molecule has 0 aliphatic heterocycles. The molecular weight excluding hydrogens is 320 g/mol. The predicted octanol–water partition coefficient (Wildman–Crippen LogP) is 1.83. The summed E-state index contributed by atoms with van der Waals surface area (Å²) in [5.74, 6) is -0.382. The number of H-pyrrole nitrogens is 1. The van der Waals surface area contributed by atoms with Crippen molar-refractivity contribution >= 4 is 22.5 Å². The number of fused-ring (bicyclic) bond motifs is 1. The van der Waals surface area contributed by atoms with Gasteiger partial charge in [-0.3, -0.25) is 14.2 Å². The van der Waals surface area contributed by atoms with Crippen LogP contribution in [0.5, 0.6) is 0 Å². The Balaban J connectivity index is 1.95. The van der Waals surface area contributed by atoms with Crippen LogP contribution in [0.15, 0.2) is 52.1 Å². The average molecular weight is 334 g/mol. The van der Waals surface area contributed by atoms with Gasteiger partial charge in [-0.2, -0.15) is 5.26 Å². The zero-order valence-electron chi connectivity index (χ0n) is 13.4. The van der Waals surface area contributed by atoms with Crippen LogP contribution in [-0.2, 0) is 6.54 Å². The van der Waals surface area contributed by atoms with Gasteiger partial charge in [0.15, 0.2) is 0 Å². The molecule has 0 unspecified atom stereocenters.